The fourth-order valence-corrected chi connectivity index (χ4v) is 2.11. The quantitative estimate of drug-likeness (QED) is 0.644. The summed E-state index contributed by atoms with van der Waals surface area (Å²) in [5.74, 6) is 0.597. The first-order valence-corrected chi connectivity index (χ1v) is 6.63. The molecule has 0 aliphatic rings. The van der Waals surface area contributed by atoms with E-state index in [0.29, 0.717) is 21.2 Å². The van der Waals surface area contributed by atoms with Gasteiger partial charge in [0.2, 0.25) is 11.6 Å². The second-order valence-corrected chi connectivity index (χ2v) is 4.90. The Morgan fingerprint density at radius 2 is 2.10 bits per heavy atom. The van der Waals surface area contributed by atoms with E-state index in [4.69, 9.17) is 26.0 Å². The average molecular weight is 351 g/mol. The van der Waals surface area contributed by atoms with Crippen LogP contribution in [0.4, 0.5) is 0 Å². The van der Waals surface area contributed by atoms with Crippen LogP contribution < -0.4 is 4.74 Å². The zero-order chi connectivity index (χ0) is 14.1. The Labute approximate surface area is 126 Å². The number of furan rings is 1. The summed E-state index contributed by atoms with van der Waals surface area (Å²) < 4.78 is 11.5. The minimum Gasteiger partial charge on any atom is -0.442 e. The maximum absolute atomic E-state index is 9.13. The summed E-state index contributed by atoms with van der Waals surface area (Å²) in [5.41, 5.74) is 0.565. The number of fused-ring (bicyclic) bond motifs is 1. The molecule has 0 saturated carbocycles. The van der Waals surface area contributed by atoms with Gasteiger partial charge in [0.25, 0.3) is 0 Å². The molecule has 0 saturated heterocycles. The molecule has 0 fully saturated rings. The molecule has 0 radical (unpaired) electrons. The molecule has 1 aromatic carbocycles. The predicted molar refractivity (Wildman–Crippen MR) is 75.7 cm³/mol. The van der Waals surface area contributed by atoms with E-state index in [2.05, 4.69) is 25.9 Å². The van der Waals surface area contributed by atoms with Crippen molar-refractivity contribution < 1.29 is 9.15 Å². The normalized spacial score (nSPS) is 10.4. The van der Waals surface area contributed by atoms with Crippen LogP contribution in [0, 0.1) is 11.3 Å². The molecule has 0 N–H and O–H groups in total. The molecule has 2 heterocycles. The van der Waals surface area contributed by atoms with Gasteiger partial charge >= 0.3 is 0 Å². The summed E-state index contributed by atoms with van der Waals surface area (Å²) in [7, 11) is 0. The van der Waals surface area contributed by atoms with Crippen molar-refractivity contribution in [3.05, 3.63) is 46.0 Å². The Morgan fingerprint density at radius 3 is 2.90 bits per heavy atom. The van der Waals surface area contributed by atoms with Crippen LogP contribution in [0.3, 0.4) is 0 Å². The molecular weight excluding hydrogens is 346 g/mol. The van der Waals surface area contributed by atoms with Gasteiger partial charge in [0.15, 0.2) is 10.9 Å². The molecule has 0 unspecified atom stereocenters. The molecule has 5 nitrogen and oxygen atoms in total. The van der Waals surface area contributed by atoms with Crippen LogP contribution in [0.25, 0.3) is 11.0 Å². The molecular formula is C13H5BrClN3O2. The lowest BCUT2D eigenvalue weighted by Gasteiger charge is -2.05. The molecule has 3 rings (SSSR count). The summed E-state index contributed by atoms with van der Waals surface area (Å²) in [4.78, 5) is 7.79. The van der Waals surface area contributed by atoms with E-state index < -0.39 is 0 Å². The number of para-hydroxylation sites is 1. The van der Waals surface area contributed by atoms with Crippen LogP contribution in [0.5, 0.6) is 11.6 Å². The molecule has 2 aromatic heterocycles. The zero-order valence-corrected chi connectivity index (χ0v) is 12.1. The smallest absolute Gasteiger partial charge is 0.247 e. The number of aromatic nitrogens is 2. The summed E-state index contributed by atoms with van der Waals surface area (Å²) in [6.07, 6.45) is 1.27. The molecule has 7 heteroatoms. The first-order valence-electron chi connectivity index (χ1n) is 5.46. The van der Waals surface area contributed by atoms with Gasteiger partial charge in [-0.05, 0) is 28.1 Å². The standard InChI is InChI=1S/C13H5BrClN3O2/c14-10-12(15)17-6-18-13(10)20-11-7-3-1-2-4-8(7)19-9(11)5-16/h1-4,6H. The van der Waals surface area contributed by atoms with E-state index in [1.54, 1.807) is 12.1 Å². The van der Waals surface area contributed by atoms with E-state index in [-0.39, 0.29) is 16.8 Å². The van der Waals surface area contributed by atoms with Crippen molar-refractivity contribution in [3.8, 4) is 17.7 Å². The molecule has 0 aliphatic carbocycles. The molecule has 20 heavy (non-hydrogen) atoms. The maximum atomic E-state index is 9.13. The Balaban J connectivity index is 2.15. The topological polar surface area (TPSA) is 71.9 Å². The maximum Gasteiger partial charge on any atom is 0.247 e. The van der Waals surface area contributed by atoms with Crippen LogP contribution in [-0.2, 0) is 0 Å². The highest BCUT2D eigenvalue weighted by Gasteiger charge is 2.18. The van der Waals surface area contributed by atoms with Crippen molar-refractivity contribution in [3.63, 3.8) is 0 Å². The number of halogens is 2. The monoisotopic (exact) mass is 349 g/mol. The fraction of sp³-hybridized carbons (Fsp3) is 0. The molecule has 0 amide bonds. The SMILES string of the molecule is N#Cc1oc2ccccc2c1Oc1ncnc(Cl)c1Br. The number of nitrogens with zero attached hydrogens (tertiary/aromatic N) is 3. The summed E-state index contributed by atoms with van der Waals surface area (Å²) in [5, 5.41) is 10.0. The minimum absolute atomic E-state index is 0.0767. The van der Waals surface area contributed by atoms with Crippen molar-refractivity contribution in [2.24, 2.45) is 0 Å². The van der Waals surface area contributed by atoms with E-state index in [0.717, 1.165) is 0 Å². The van der Waals surface area contributed by atoms with Gasteiger partial charge in [-0.15, -0.1) is 0 Å². The third-order valence-corrected chi connectivity index (χ3v) is 3.79. The Hall–Kier alpha value is -2.10. The van der Waals surface area contributed by atoms with Gasteiger partial charge < -0.3 is 9.15 Å². The van der Waals surface area contributed by atoms with Gasteiger partial charge in [0, 0.05) is 0 Å². The number of ether oxygens (including phenoxy) is 1. The third-order valence-electron chi connectivity index (χ3n) is 2.57. The fourth-order valence-electron chi connectivity index (χ4n) is 1.70. The van der Waals surface area contributed by atoms with Gasteiger partial charge in [0.1, 0.15) is 22.5 Å². The number of benzene rings is 1. The Morgan fingerprint density at radius 1 is 1.30 bits per heavy atom. The van der Waals surface area contributed by atoms with Crippen molar-refractivity contribution in [1.82, 2.24) is 9.97 Å². The number of hydrogen-bond acceptors (Lipinski definition) is 5. The van der Waals surface area contributed by atoms with Crippen molar-refractivity contribution in [2.75, 3.05) is 0 Å². The molecule has 98 valence electrons. The average Bonchev–Trinajstić information content (AvgIpc) is 2.82. The molecule has 0 spiro atoms. The van der Waals surface area contributed by atoms with Gasteiger partial charge in [-0.25, -0.2) is 9.97 Å². The second kappa shape index (κ2) is 5.12. The highest BCUT2D eigenvalue weighted by molar-refractivity contribution is 9.10. The van der Waals surface area contributed by atoms with Crippen LogP contribution in [0.2, 0.25) is 5.15 Å². The van der Waals surface area contributed by atoms with Gasteiger partial charge in [-0.1, -0.05) is 23.7 Å². The van der Waals surface area contributed by atoms with Gasteiger partial charge in [0.05, 0.1) is 5.39 Å². The highest BCUT2D eigenvalue weighted by atomic mass is 79.9. The number of hydrogen-bond donors (Lipinski definition) is 0. The van der Waals surface area contributed by atoms with Gasteiger partial charge in [-0.3, -0.25) is 0 Å². The van der Waals surface area contributed by atoms with E-state index in [9.17, 15) is 0 Å². The van der Waals surface area contributed by atoms with Crippen LogP contribution in [0.1, 0.15) is 5.76 Å². The third kappa shape index (κ3) is 2.11. The van der Waals surface area contributed by atoms with Crippen LogP contribution in [0.15, 0.2) is 39.5 Å². The Bertz CT molecular complexity index is 841. The summed E-state index contributed by atoms with van der Waals surface area (Å²) in [6.45, 7) is 0. The Kier molecular flexibility index (Phi) is 3.30. The van der Waals surface area contributed by atoms with Gasteiger partial charge in [-0.2, -0.15) is 5.26 Å². The van der Waals surface area contributed by atoms with E-state index in [1.165, 1.54) is 6.33 Å². The summed E-state index contributed by atoms with van der Waals surface area (Å²) in [6, 6.07) is 9.15. The first kappa shape index (κ1) is 12.9. The summed E-state index contributed by atoms with van der Waals surface area (Å²) >= 11 is 9.12. The first-order chi connectivity index (χ1) is 9.70. The molecule has 0 atom stereocenters. The zero-order valence-electron chi connectivity index (χ0n) is 9.80. The van der Waals surface area contributed by atoms with E-state index in [1.807, 2.05) is 18.2 Å². The van der Waals surface area contributed by atoms with Crippen molar-refractivity contribution in [2.45, 2.75) is 0 Å². The number of rotatable bonds is 2. The van der Waals surface area contributed by atoms with Crippen molar-refractivity contribution in [1.29, 1.82) is 5.26 Å². The highest BCUT2D eigenvalue weighted by Crippen LogP contribution is 2.38. The van der Waals surface area contributed by atoms with E-state index >= 15 is 0 Å². The minimum atomic E-state index is 0.0767. The lowest BCUT2D eigenvalue weighted by Crippen LogP contribution is -1.92. The molecule has 0 aliphatic heterocycles. The second-order valence-electron chi connectivity index (χ2n) is 3.75. The largest absolute Gasteiger partial charge is 0.442 e. The molecule has 0 bridgehead atoms. The molecule has 3 aromatic rings. The van der Waals surface area contributed by atoms with Crippen molar-refractivity contribution >= 4 is 38.5 Å². The van der Waals surface area contributed by atoms with Crippen LogP contribution in [-0.4, -0.2) is 9.97 Å². The predicted octanol–water partition coefficient (Wildman–Crippen LogP) is 4.30. The lowest BCUT2D eigenvalue weighted by molar-refractivity contribution is 0.446. The lowest BCUT2D eigenvalue weighted by atomic mass is 10.2. The van der Waals surface area contributed by atoms with Crippen LogP contribution >= 0.6 is 27.5 Å². The number of nitriles is 1.